The Morgan fingerprint density at radius 1 is 1.17 bits per heavy atom. The number of amides is 2. The van der Waals surface area contributed by atoms with E-state index >= 15 is 0 Å². The fourth-order valence-corrected chi connectivity index (χ4v) is 3.80. The number of carbonyl (C=O) groups is 2. The number of rotatable bonds is 4. The third-order valence-corrected chi connectivity index (χ3v) is 5.11. The predicted molar refractivity (Wildman–Crippen MR) is 115 cm³/mol. The van der Waals surface area contributed by atoms with E-state index in [1.54, 1.807) is 41.1 Å². The van der Waals surface area contributed by atoms with E-state index in [-0.39, 0.29) is 36.4 Å². The SMILES string of the molecule is CC1CC(=O)Nc2ccccc2N1C(=O)CN(C)Cc1nc2ccccc2c(=O)[nH]1. The van der Waals surface area contributed by atoms with E-state index in [0.29, 0.717) is 34.6 Å². The van der Waals surface area contributed by atoms with Crippen molar-refractivity contribution in [1.82, 2.24) is 14.9 Å². The molecular weight excluding hydrogens is 382 g/mol. The highest BCUT2D eigenvalue weighted by Gasteiger charge is 2.29. The zero-order chi connectivity index (χ0) is 21.3. The summed E-state index contributed by atoms with van der Waals surface area (Å²) < 4.78 is 0. The van der Waals surface area contributed by atoms with Gasteiger partial charge in [-0.15, -0.1) is 0 Å². The van der Waals surface area contributed by atoms with E-state index < -0.39 is 0 Å². The molecule has 0 radical (unpaired) electrons. The number of aromatic amines is 1. The van der Waals surface area contributed by atoms with E-state index in [0.717, 1.165) is 0 Å². The van der Waals surface area contributed by atoms with E-state index in [1.165, 1.54) is 0 Å². The van der Waals surface area contributed by atoms with Gasteiger partial charge in [-0.25, -0.2) is 4.98 Å². The number of nitrogens with one attached hydrogen (secondary N) is 2. The molecule has 2 heterocycles. The minimum absolute atomic E-state index is 0.114. The lowest BCUT2D eigenvalue weighted by Crippen LogP contribution is -2.44. The minimum atomic E-state index is -0.270. The highest BCUT2D eigenvalue weighted by atomic mass is 16.2. The van der Waals surface area contributed by atoms with Gasteiger partial charge in [0.2, 0.25) is 11.8 Å². The van der Waals surface area contributed by atoms with Crippen molar-refractivity contribution in [2.45, 2.75) is 25.9 Å². The number of aromatic nitrogens is 2. The summed E-state index contributed by atoms with van der Waals surface area (Å²) in [7, 11) is 1.80. The van der Waals surface area contributed by atoms with Crippen molar-refractivity contribution in [3.63, 3.8) is 0 Å². The molecule has 2 amide bonds. The Hall–Kier alpha value is -3.52. The van der Waals surface area contributed by atoms with Gasteiger partial charge in [0.15, 0.2) is 0 Å². The molecule has 0 saturated heterocycles. The molecule has 3 aromatic rings. The molecule has 0 aliphatic carbocycles. The summed E-state index contributed by atoms with van der Waals surface area (Å²) in [6, 6.07) is 14.2. The van der Waals surface area contributed by atoms with Crippen LogP contribution in [0.3, 0.4) is 0 Å². The third kappa shape index (κ3) is 3.95. The van der Waals surface area contributed by atoms with Crippen LogP contribution in [0.4, 0.5) is 11.4 Å². The first-order valence-electron chi connectivity index (χ1n) is 9.80. The van der Waals surface area contributed by atoms with Crippen LogP contribution in [0.2, 0.25) is 0 Å². The highest BCUT2D eigenvalue weighted by molar-refractivity contribution is 6.04. The quantitative estimate of drug-likeness (QED) is 0.693. The highest BCUT2D eigenvalue weighted by Crippen LogP contribution is 2.31. The van der Waals surface area contributed by atoms with Crippen LogP contribution in [0.15, 0.2) is 53.3 Å². The minimum Gasteiger partial charge on any atom is -0.324 e. The van der Waals surface area contributed by atoms with Crippen LogP contribution in [0, 0.1) is 0 Å². The van der Waals surface area contributed by atoms with Gasteiger partial charge in [0, 0.05) is 12.5 Å². The van der Waals surface area contributed by atoms with Gasteiger partial charge in [-0.05, 0) is 38.2 Å². The molecule has 0 saturated carbocycles. The molecule has 0 bridgehead atoms. The predicted octanol–water partition coefficient (Wildman–Crippen LogP) is 2.12. The topological polar surface area (TPSA) is 98.4 Å². The normalized spacial score (nSPS) is 16.3. The van der Waals surface area contributed by atoms with E-state index in [1.807, 2.05) is 31.2 Å². The van der Waals surface area contributed by atoms with E-state index in [2.05, 4.69) is 15.3 Å². The summed E-state index contributed by atoms with van der Waals surface area (Å²) in [6.45, 7) is 2.29. The number of benzene rings is 2. The Morgan fingerprint density at radius 3 is 2.73 bits per heavy atom. The number of carbonyl (C=O) groups excluding carboxylic acids is 2. The molecule has 2 aromatic carbocycles. The van der Waals surface area contributed by atoms with Gasteiger partial charge < -0.3 is 15.2 Å². The van der Waals surface area contributed by atoms with Crippen LogP contribution in [0.5, 0.6) is 0 Å². The standard InChI is InChI=1S/C22H23N5O3/c1-14-11-20(28)24-17-9-5-6-10-18(17)27(14)21(29)13-26(2)12-19-23-16-8-4-3-7-15(16)22(30)25-19/h3-10,14H,11-13H2,1-2H3,(H,24,28)(H,23,25,30). The number of fused-ring (bicyclic) bond motifs is 2. The molecule has 8 heteroatoms. The van der Waals surface area contributed by atoms with Gasteiger partial charge in [-0.2, -0.15) is 0 Å². The number of para-hydroxylation sites is 3. The van der Waals surface area contributed by atoms with Gasteiger partial charge in [-0.3, -0.25) is 19.3 Å². The summed E-state index contributed by atoms with van der Waals surface area (Å²) in [4.78, 5) is 48.3. The van der Waals surface area contributed by atoms with Gasteiger partial charge in [0.05, 0.1) is 35.4 Å². The maximum Gasteiger partial charge on any atom is 0.258 e. The molecule has 8 nitrogen and oxygen atoms in total. The van der Waals surface area contributed by atoms with E-state index in [4.69, 9.17) is 0 Å². The Balaban J connectivity index is 1.53. The Morgan fingerprint density at radius 2 is 1.90 bits per heavy atom. The fourth-order valence-electron chi connectivity index (χ4n) is 3.80. The molecule has 0 fully saturated rings. The average molecular weight is 405 g/mol. The number of likely N-dealkylation sites (N-methyl/N-ethyl adjacent to an activating group) is 1. The lowest BCUT2D eigenvalue weighted by molar-refractivity contribution is -0.120. The van der Waals surface area contributed by atoms with Gasteiger partial charge in [0.1, 0.15) is 5.82 Å². The van der Waals surface area contributed by atoms with Crippen LogP contribution >= 0.6 is 0 Å². The largest absolute Gasteiger partial charge is 0.324 e. The monoisotopic (exact) mass is 405 g/mol. The molecular formula is C22H23N5O3. The van der Waals surface area contributed by atoms with Crippen molar-refractivity contribution in [1.29, 1.82) is 0 Å². The van der Waals surface area contributed by atoms with Crippen molar-refractivity contribution >= 4 is 34.1 Å². The van der Waals surface area contributed by atoms with E-state index in [9.17, 15) is 14.4 Å². The van der Waals surface area contributed by atoms with Crippen molar-refractivity contribution in [2.75, 3.05) is 23.8 Å². The van der Waals surface area contributed by atoms with Crippen LogP contribution in [0.1, 0.15) is 19.2 Å². The second-order valence-corrected chi connectivity index (χ2v) is 7.58. The molecule has 154 valence electrons. The van der Waals surface area contributed by atoms with Crippen LogP contribution in [-0.2, 0) is 16.1 Å². The Labute approximate surface area is 173 Å². The molecule has 30 heavy (non-hydrogen) atoms. The molecule has 1 atom stereocenters. The second-order valence-electron chi connectivity index (χ2n) is 7.58. The summed E-state index contributed by atoms with van der Waals surface area (Å²) in [5.41, 5.74) is 1.74. The summed E-state index contributed by atoms with van der Waals surface area (Å²) in [5, 5.41) is 3.39. The van der Waals surface area contributed by atoms with Crippen LogP contribution in [-0.4, -0.2) is 46.3 Å². The summed E-state index contributed by atoms with van der Waals surface area (Å²) >= 11 is 0. The molecule has 2 N–H and O–H groups in total. The molecule has 1 aliphatic heterocycles. The maximum atomic E-state index is 13.2. The van der Waals surface area contributed by atoms with Crippen molar-refractivity contribution in [2.24, 2.45) is 0 Å². The van der Waals surface area contributed by atoms with Crippen molar-refractivity contribution in [3.8, 4) is 0 Å². The Kier molecular flexibility index (Phi) is 5.33. The zero-order valence-corrected chi connectivity index (χ0v) is 16.9. The fraction of sp³-hybridized carbons (Fsp3) is 0.273. The molecule has 0 spiro atoms. The molecule has 4 rings (SSSR count). The van der Waals surface area contributed by atoms with Gasteiger partial charge in [-0.1, -0.05) is 24.3 Å². The number of anilines is 2. The third-order valence-electron chi connectivity index (χ3n) is 5.11. The smallest absolute Gasteiger partial charge is 0.258 e. The maximum absolute atomic E-state index is 13.2. The average Bonchev–Trinajstić information content (AvgIpc) is 2.82. The lowest BCUT2D eigenvalue weighted by Gasteiger charge is -2.29. The molecule has 1 unspecified atom stereocenters. The number of H-pyrrole nitrogens is 1. The summed E-state index contributed by atoms with van der Waals surface area (Å²) in [5.74, 6) is 0.254. The first kappa shape index (κ1) is 19.8. The van der Waals surface area contributed by atoms with Gasteiger partial charge in [0.25, 0.3) is 5.56 Å². The van der Waals surface area contributed by atoms with Crippen LogP contribution < -0.4 is 15.8 Å². The van der Waals surface area contributed by atoms with Crippen molar-refractivity contribution in [3.05, 3.63) is 64.7 Å². The van der Waals surface area contributed by atoms with Crippen LogP contribution in [0.25, 0.3) is 10.9 Å². The van der Waals surface area contributed by atoms with Gasteiger partial charge >= 0.3 is 0 Å². The first-order valence-corrected chi connectivity index (χ1v) is 9.80. The molecule has 1 aliphatic rings. The number of hydrogen-bond acceptors (Lipinski definition) is 5. The second kappa shape index (κ2) is 8.08. The Bertz CT molecular complexity index is 1170. The lowest BCUT2D eigenvalue weighted by atomic mass is 10.1. The van der Waals surface area contributed by atoms with Crippen molar-refractivity contribution < 1.29 is 9.59 Å². The molecule has 1 aromatic heterocycles. The number of nitrogens with zero attached hydrogens (tertiary/aromatic N) is 3. The zero-order valence-electron chi connectivity index (χ0n) is 16.9. The summed E-state index contributed by atoms with van der Waals surface area (Å²) in [6.07, 6.45) is 0.226. The first-order chi connectivity index (χ1) is 14.4. The number of hydrogen-bond donors (Lipinski definition) is 2.